The maximum atomic E-state index is 5.27. The van der Waals surface area contributed by atoms with Crippen LogP contribution in [0.3, 0.4) is 0 Å². The van der Waals surface area contributed by atoms with Gasteiger partial charge in [-0.2, -0.15) is 0 Å². The van der Waals surface area contributed by atoms with Crippen LogP contribution in [0.5, 0.6) is 0 Å². The van der Waals surface area contributed by atoms with Crippen molar-refractivity contribution < 1.29 is 0 Å². The van der Waals surface area contributed by atoms with Crippen molar-refractivity contribution in [1.29, 1.82) is 0 Å². The van der Waals surface area contributed by atoms with Gasteiger partial charge in [-0.05, 0) is 100 Å². The van der Waals surface area contributed by atoms with Gasteiger partial charge in [0, 0.05) is 55.9 Å². The molecule has 7 aromatic carbocycles. The summed E-state index contributed by atoms with van der Waals surface area (Å²) in [6, 6.07) is 59.0. The van der Waals surface area contributed by atoms with Crippen molar-refractivity contribution in [3.8, 4) is 28.5 Å². The summed E-state index contributed by atoms with van der Waals surface area (Å²) in [7, 11) is 0. The highest BCUT2D eigenvalue weighted by Crippen LogP contribution is 2.50. The summed E-state index contributed by atoms with van der Waals surface area (Å²) in [5, 5.41) is 4.84. The highest BCUT2D eigenvalue weighted by atomic mass is 15.2. The molecule has 3 atom stereocenters. The lowest BCUT2D eigenvalue weighted by atomic mass is 9.73. The number of nitrogens with zero attached hydrogens (tertiary/aromatic N) is 5. The summed E-state index contributed by atoms with van der Waals surface area (Å²) in [5.41, 5.74) is 13.8. The third kappa shape index (κ3) is 6.18. The molecule has 65 heavy (non-hydrogen) atoms. The molecule has 308 valence electrons. The fourth-order valence-electron chi connectivity index (χ4n) is 10.6. The molecule has 13 rings (SSSR count). The second-order valence-electron chi connectivity index (χ2n) is 17.9. The molecule has 5 nitrogen and oxygen atoms in total. The molecule has 0 saturated carbocycles. The Kier molecular flexibility index (Phi) is 8.47. The van der Waals surface area contributed by atoms with Crippen LogP contribution < -0.4 is 4.90 Å². The molecule has 0 spiro atoms. The van der Waals surface area contributed by atoms with Gasteiger partial charge in [0.1, 0.15) is 0 Å². The van der Waals surface area contributed by atoms with E-state index in [4.69, 9.17) is 15.0 Å². The Morgan fingerprint density at radius 3 is 2.20 bits per heavy atom. The van der Waals surface area contributed by atoms with Crippen LogP contribution in [-0.4, -0.2) is 25.6 Å². The number of allylic oxidation sites excluding steroid dienone is 10. The highest BCUT2D eigenvalue weighted by Gasteiger charge is 2.38. The van der Waals surface area contributed by atoms with Gasteiger partial charge in [-0.25, -0.2) is 15.0 Å². The quantitative estimate of drug-likeness (QED) is 0.167. The van der Waals surface area contributed by atoms with Crippen LogP contribution in [-0.2, 0) is 0 Å². The van der Waals surface area contributed by atoms with Gasteiger partial charge >= 0.3 is 0 Å². The van der Waals surface area contributed by atoms with Gasteiger partial charge in [-0.3, -0.25) is 0 Å². The second-order valence-corrected chi connectivity index (χ2v) is 17.9. The highest BCUT2D eigenvalue weighted by molar-refractivity contribution is 6.10. The summed E-state index contributed by atoms with van der Waals surface area (Å²) in [4.78, 5) is 18.2. The molecule has 5 heteroatoms. The summed E-state index contributed by atoms with van der Waals surface area (Å²) >= 11 is 0. The Balaban J connectivity index is 0.915. The minimum Gasteiger partial charge on any atom is -0.333 e. The third-order valence-electron chi connectivity index (χ3n) is 13.9. The molecular formula is C60H43N5. The van der Waals surface area contributed by atoms with Gasteiger partial charge in [0.2, 0.25) is 0 Å². The minimum atomic E-state index is -0.0361. The number of rotatable bonds is 6. The van der Waals surface area contributed by atoms with Gasteiger partial charge in [0.15, 0.2) is 17.5 Å². The molecule has 0 fully saturated rings. The Hall–Kier alpha value is -8.15. The standard InChI is InChI=1S/C60H43N5/c1-60-32-12-11-17-46(60)35-45(31-33-60)59-62-57(61-58(63-59)44-26-25-39-14-5-6-15-40(39)34-44)43-16-13-20-48(36-43)65-53-23-9-7-21-49(53)51-29-27-42(38-56(51)65)41-28-30-55-52(37-41)50-22-8-10-24-54(50)64(55)47-18-3-2-4-19-47/h2-32,34-38,51,56H,33H2,1H3. The monoisotopic (exact) mass is 833 g/mol. The number of hydrogen-bond donors (Lipinski definition) is 0. The zero-order valence-corrected chi connectivity index (χ0v) is 35.9. The zero-order valence-electron chi connectivity index (χ0n) is 35.9. The van der Waals surface area contributed by atoms with Gasteiger partial charge in [0.05, 0.1) is 17.1 Å². The Labute approximate surface area is 378 Å². The van der Waals surface area contributed by atoms with E-state index < -0.39 is 0 Å². The molecule has 0 N–H and O–H groups in total. The maximum Gasteiger partial charge on any atom is 0.164 e. The topological polar surface area (TPSA) is 46.8 Å². The first kappa shape index (κ1) is 37.4. The van der Waals surface area contributed by atoms with Gasteiger partial charge in [-0.15, -0.1) is 0 Å². The molecule has 0 amide bonds. The van der Waals surface area contributed by atoms with E-state index in [0.29, 0.717) is 17.5 Å². The zero-order chi connectivity index (χ0) is 43.1. The smallest absolute Gasteiger partial charge is 0.164 e. The predicted octanol–water partition coefficient (Wildman–Crippen LogP) is 14.6. The molecule has 4 aliphatic rings. The van der Waals surface area contributed by atoms with Crippen LogP contribution in [0.1, 0.15) is 36.2 Å². The SMILES string of the molecule is CC12C=CC=CC1=CC(c1nc(-c3cccc(N4c5ccccc5C5C=CC(c6ccc7c(c6)c6ccccc6n7-c6ccccc6)=CC54)c3)nc(-c3ccc4ccccc4c3)n1)=CC2. The molecule has 3 unspecified atom stereocenters. The molecule has 0 bridgehead atoms. The van der Waals surface area contributed by atoms with E-state index in [0.717, 1.165) is 39.9 Å². The van der Waals surface area contributed by atoms with Crippen LogP contribution in [0.25, 0.3) is 72.2 Å². The minimum absolute atomic E-state index is 0.0361. The van der Waals surface area contributed by atoms with E-state index in [1.54, 1.807) is 0 Å². The molecule has 0 radical (unpaired) electrons. The van der Waals surface area contributed by atoms with E-state index in [9.17, 15) is 0 Å². The van der Waals surface area contributed by atoms with Gasteiger partial charge < -0.3 is 9.47 Å². The average molecular weight is 834 g/mol. The van der Waals surface area contributed by atoms with Crippen LogP contribution in [0.2, 0.25) is 0 Å². The van der Waals surface area contributed by atoms with Crippen molar-refractivity contribution in [2.24, 2.45) is 5.41 Å². The van der Waals surface area contributed by atoms with Crippen molar-refractivity contribution in [1.82, 2.24) is 19.5 Å². The fourth-order valence-corrected chi connectivity index (χ4v) is 10.6. The van der Waals surface area contributed by atoms with E-state index in [2.05, 4.69) is 235 Å². The van der Waals surface area contributed by atoms with Crippen molar-refractivity contribution in [2.45, 2.75) is 25.3 Å². The van der Waals surface area contributed by atoms with Crippen LogP contribution >= 0.6 is 0 Å². The summed E-state index contributed by atoms with van der Waals surface area (Å²) in [6.45, 7) is 2.29. The van der Waals surface area contributed by atoms with Gasteiger partial charge in [-0.1, -0.05) is 165 Å². The summed E-state index contributed by atoms with van der Waals surface area (Å²) < 4.78 is 2.38. The van der Waals surface area contributed by atoms with E-state index in [1.165, 1.54) is 55.2 Å². The third-order valence-corrected chi connectivity index (χ3v) is 13.9. The maximum absolute atomic E-state index is 5.27. The van der Waals surface area contributed by atoms with E-state index in [-0.39, 0.29) is 17.4 Å². The first-order valence-corrected chi connectivity index (χ1v) is 22.6. The number of aromatic nitrogens is 4. The second kappa shape index (κ2) is 14.7. The summed E-state index contributed by atoms with van der Waals surface area (Å²) in [5.74, 6) is 2.19. The largest absolute Gasteiger partial charge is 0.333 e. The molecule has 3 heterocycles. The molecular weight excluding hydrogens is 791 g/mol. The number of anilines is 2. The molecule has 0 saturated heterocycles. The molecule has 1 aliphatic heterocycles. The lowest BCUT2D eigenvalue weighted by molar-refractivity contribution is 0.528. The van der Waals surface area contributed by atoms with Crippen LogP contribution in [0, 0.1) is 5.41 Å². The fraction of sp³-hybridized carbons (Fsp3) is 0.0833. The van der Waals surface area contributed by atoms with Crippen molar-refractivity contribution in [3.63, 3.8) is 0 Å². The van der Waals surface area contributed by atoms with Crippen molar-refractivity contribution in [2.75, 3.05) is 4.90 Å². The summed E-state index contributed by atoms with van der Waals surface area (Å²) in [6.07, 6.45) is 21.4. The lowest BCUT2D eigenvalue weighted by Gasteiger charge is -2.32. The Morgan fingerprint density at radius 1 is 0.554 bits per heavy atom. The van der Waals surface area contributed by atoms with Crippen molar-refractivity contribution in [3.05, 3.63) is 241 Å². The average Bonchev–Trinajstić information content (AvgIpc) is 3.88. The molecule has 2 aromatic heterocycles. The number of para-hydroxylation sites is 3. The first-order valence-electron chi connectivity index (χ1n) is 22.6. The normalized spacial score (nSPS) is 19.5. The molecule has 9 aromatic rings. The van der Waals surface area contributed by atoms with Crippen LogP contribution in [0.4, 0.5) is 11.4 Å². The Bertz CT molecular complexity index is 3620. The van der Waals surface area contributed by atoms with Gasteiger partial charge in [0.25, 0.3) is 0 Å². The first-order chi connectivity index (χ1) is 32.0. The molecule has 3 aliphatic carbocycles. The lowest BCUT2D eigenvalue weighted by Crippen LogP contribution is -2.29. The number of fused-ring (bicyclic) bond motifs is 8. The predicted molar refractivity (Wildman–Crippen MR) is 268 cm³/mol. The Morgan fingerprint density at radius 2 is 1.29 bits per heavy atom. The van der Waals surface area contributed by atoms with Crippen LogP contribution in [0.15, 0.2) is 224 Å². The van der Waals surface area contributed by atoms with E-state index in [1.807, 2.05) is 0 Å². The number of hydrogen-bond acceptors (Lipinski definition) is 4. The van der Waals surface area contributed by atoms with Crippen molar-refractivity contribution >= 4 is 55.1 Å². The van der Waals surface area contributed by atoms with E-state index >= 15 is 0 Å². The number of benzene rings is 7.